The zero-order valence-electron chi connectivity index (χ0n) is 14.9. The standard InChI is InChI=1S/C19H18O6.H2O/c1-21-12-9-8-11(10-15(12)23-3)18-19(24-4)17(20)16-13(22-2)6-5-7-14(16)25-18;/h5-10H,1-4H3;1H2. The fourth-order valence-corrected chi connectivity index (χ4v) is 2.72. The van der Waals surface area contributed by atoms with Gasteiger partial charge < -0.3 is 28.8 Å². The molecule has 26 heavy (non-hydrogen) atoms. The number of ether oxygens (including phenoxy) is 4. The van der Waals surface area contributed by atoms with Gasteiger partial charge in [-0.15, -0.1) is 0 Å². The summed E-state index contributed by atoms with van der Waals surface area (Å²) in [5.41, 5.74) is 0.747. The first kappa shape index (κ1) is 19.1. The Morgan fingerprint density at radius 1 is 0.808 bits per heavy atom. The molecule has 0 aliphatic heterocycles. The largest absolute Gasteiger partial charge is 0.496 e. The van der Waals surface area contributed by atoms with Crippen LogP contribution in [-0.4, -0.2) is 33.9 Å². The van der Waals surface area contributed by atoms with Gasteiger partial charge in [-0.3, -0.25) is 4.79 Å². The van der Waals surface area contributed by atoms with Crippen LogP contribution in [0.25, 0.3) is 22.3 Å². The summed E-state index contributed by atoms with van der Waals surface area (Å²) in [5.74, 6) is 1.95. The predicted molar refractivity (Wildman–Crippen MR) is 97.7 cm³/mol. The molecule has 138 valence electrons. The second-order valence-corrected chi connectivity index (χ2v) is 5.20. The Balaban J connectivity index is 0.00000243. The average molecular weight is 360 g/mol. The van der Waals surface area contributed by atoms with Crippen LogP contribution in [0.4, 0.5) is 0 Å². The third-order valence-corrected chi connectivity index (χ3v) is 3.91. The van der Waals surface area contributed by atoms with Crippen molar-refractivity contribution in [3.05, 3.63) is 46.6 Å². The van der Waals surface area contributed by atoms with Crippen molar-refractivity contribution in [2.24, 2.45) is 0 Å². The molecule has 7 nitrogen and oxygen atoms in total. The fourth-order valence-electron chi connectivity index (χ4n) is 2.72. The minimum atomic E-state index is -0.300. The molecule has 2 N–H and O–H groups in total. The van der Waals surface area contributed by atoms with Crippen molar-refractivity contribution < 1.29 is 28.8 Å². The highest BCUT2D eigenvalue weighted by molar-refractivity contribution is 5.87. The predicted octanol–water partition coefficient (Wildman–Crippen LogP) is 2.67. The van der Waals surface area contributed by atoms with Gasteiger partial charge in [0.2, 0.25) is 11.2 Å². The number of fused-ring (bicyclic) bond motifs is 1. The molecule has 0 atom stereocenters. The lowest BCUT2D eigenvalue weighted by Gasteiger charge is -2.13. The van der Waals surface area contributed by atoms with Crippen molar-refractivity contribution in [2.75, 3.05) is 28.4 Å². The third kappa shape index (κ3) is 3.04. The lowest BCUT2D eigenvalue weighted by molar-refractivity contribution is 0.355. The van der Waals surface area contributed by atoms with Crippen molar-refractivity contribution in [1.29, 1.82) is 0 Å². The highest BCUT2D eigenvalue weighted by Gasteiger charge is 2.20. The van der Waals surface area contributed by atoms with Gasteiger partial charge in [-0.2, -0.15) is 0 Å². The summed E-state index contributed by atoms with van der Waals surface area (Å²) in [4.78, 5) is 12.9. The molecule has 3 aromatic rings. The van der Waals surface area contributed by atoms with Crippen LogP contribution in [0.1, 0.15) is 0 Å². The van der Waals surface area contributed by atoms with Gasteiger partial charge in [-0.1, -0.05) is 6.07 Å². The first-order chi connectivity index (χ1) is 12.1. The molecule has 0 bridgehead atoms. The summed E-state index contributed by atoms with van der Waals surface area (Å²) in [6.45, 7) is 0. The van der Waals surface area contributed by atoms with E-state index in [-0.39, 0.29) is 16.7 Å². The van der Waals surface area contributed by atoms with Crippen LogP contribution >= 0.6 is 0 Å². The summed E-state index contributed by atoms with van der Waals surface area (Å²) in [7, 11) is 6.03. The maximum Gasteiger partial charge on any atom is 0.239 e. The normalized spacial score (nSPS) is 10.2. The van der Waals surface area contributed by atoms with E-state index in [9.17, 15) is 4.79 Å². The van der Waals surface area contributed by atoms with Gasteiger partial charge in [-0.25, -0.2) is 0 Å². The van der Waals surface area contributed by atoms with Gasteiger partial charge >= 0.3 is 0 Å². The van der Waals surface area contributed by atoms with Gasteiger partial charge in [0.1, 0.15) is 16.7 Å². The molecular weight excluding hydrogens is 340 g/mol. The van der Waals surface area contributed by atoms with Crippen molar-refractivity contribution >= 4 is 11.0 Å². The fraction of sp³-hybridized carbons (Fsp3) is 0.211. The second kappa shape index (κ2) is 7.79. The van der Waals surface area contributed by atoms with Crippen molar-refractivity contribution in [3.8, 4) is 34.3 Å². The van der Waals surface area contributed by atoms with E-state index in [1.54, 1.807) is 50.6 Å². The van der Waals surface area contributed by atoms with Crippen molar-refractivity contribution in [2.45, 2.75) is 0 Å². The molecular formula is C19H20O7. The SMILES string of the molecule is COc1ccc(-c2oc3cccc(OC)c3c(=O)c2OC)cc1OC.O. The minimum absolute atomic E-state index is 0. The van der Waals surface area contributed by atoms with Crippen LogP contribution in [-0.2, 0) is 0 Å². The molecule has 0 aliphatic rings. The maximum atomic E-state index is 12.9. The first-order valence-corrected chi connectivity index (χ1v) is 7.54. The van der Waals surface area contributed by atoms with Crippen LogP contribution in [0.3, 0.4) is 0 Å². The zero-order valence-corrected chi connectivity index (χ0v) is 14.9. The Hall–Kier alpha value is -3.19. The number of hydrogen-bond acceptors (Lipinski definition) is 6. The minimum Gasteiger partial charge on any atom is -0.496 e. The zero-order chi connectivity index (χ0) is 18.0. The van der Waals surface area contributed by atoms with E-state index >= 15 is 0 Å². The van der Waals surface area contributed by atoms with E-state index in [2.05, 4.69) is 0 Å². The van der Waals surface area contributed by atoms with Gasteiger partial charge in [0.15, 0.2) is 17.3 Å². The molecule has 0 spiro atoms. The van der Waals surface area contributed by atoms with Gasteiger partial charge in [0, 0.05) is 5.56 Å². The lowest BCUT2D eigenvalue weighted by atomic mass is 10.1. The number of methoxy groups -OCH3 is 4. The molecule has 0 saturated carbocycles. The van der Waals surface area contributed by atoms with E-state index in [0.717, 1.165) is 0 Å². The van der Waals surface area contributed by atoms with E-state index < -0.39 is 0 Å². The smallest absolute Gasteiger partial charge is 0.239 e. The van der Waals surface area contributed by atoms with Gasteiger partial charge in [0.05, 0.1) is 28.4 Å². The van der Waals surface area contributed by atoms with Crippen LogP contribution < -0.4 is 24.4 Å². The Labute approximate surface area is 150 Å². The Bertz CT molecular complexity index is 976. The van der Waals surface area contributed by atoms with Crippen molar-refractivity contribution in [1.82, 2.24) is 0 Å². The monoisotopic (exact) mass is 360 g/mol. The van der Waals surface area contributed by atoms with Crippen molar-refractivity contribution in [3.63, 3.8) is 0 Å². The quantitative estimate of drug-likeness (QED) is 0.694. The molecule has 0 aliphatic carbocycles. The number of hydrogen-bond donors (Lipinski definition) is 0. The van der Waals surface area contributed by atoms with Crippen LogP contribution in [0.2, 0.25) is 0 Å². The Kier molecular flexibility index (Phi) is 5.74. The molecule has 0 saturated heterocycles. The molecule has 7 heteroatoms. The average Bonchev–Trinajstić information content (AvgIpc) is 2.66. The maximum absolute atomic E-state index is 12.9. The molecule has 0 unspecified atom stereocenters. The summed E-state index contributed by atoms with van der Waals surface area (Å²) in [6.07, 6.45) is 0. The van der Waals surface area contributed by atoms with Crippen LogP contribution in [0, 0.1) is 0 Å². The second-order valence-electron chi connectivity index (χ2n) is 5.20. The third-order valence-electron chi connectivity index (χ3n) is 3.91. The summed E-state index contributed by atoms with van der Waals surface area (Å²) < 4.78 is 27.1. The summed E-state index contributed by atoms with van der Waals surface area (Å²) in [5, 5.41) is 0.339. The molecule has 1 heterocycles. The molecule has 0 radical (unpaired) electrons. The van der Waals surface area contributed by atoms with Crippen LogP contribution in [0.15, 0.2) is 45.6 Å². The Morgan fingerprint density at radius 2 is 1.50 bits per heavy atom. The molecule has 3 rings (SSSR count). The number of benzene rings is 2. The highest BCUT2D eigenvalue weighted by Crippen LogP contribution is 2.37. The van der Waals surface area contributed by atoms with Gasteiger partial charge in [-0.05, 0) is 30.3 Å². The van der Waals surface area contributed by atoms with E-state index in [0.29, 0.717) is 39.5 Å². The topological polar surface area (TPSA) is 98.6 Å². The Morgan fingerprint density at radius 3 is 2.12 bits per heavy atom. The van der Waals surface area contributed by atoms with E-state index in [1.165, 1.54) is 14.2 Å². The highest BCUT2D eigenvalue weighted by atomic mass is 16.5. The van der Waals surface area contributed by atoms with E-state index in [4.69, 9.17) is 23.4 Å². The number of rotatable bonds is 5. The molecule has 0 amide bonds. The molecule has 2 aromatic carbocycles. The van der Waals surface area contributed by atoms with E-state index in [1.807, 2.05) is 0 Å². The summed E-state index contributed by atoms with van der Waals surface area (Å²) >= 11 is 0. The lowest BCUT2D eigenvalue weighted by Crippen LogP contribution is -2.08. The molecule has 0 fully saturated rings. The van der Waals surface area contributed by atoms with Gasteiger partial charge in [0.25, 0.3) is 0 Å². The van der Waals surface area contributed by atoms with Crippen LogP contribution in [0.5, 0.6) is 23.0 Å². The first-order valence-electron chi connectivity index (χ1n) is 7.54. The summed E-state index contributed by atoms with van der Waals surface area (Å²) in [6, 6.07) is 10.4. The molecule has 1 aromatic heterocycles.